The van der Waals surface area contributed by atoms with Gasteiger partial charge in [0, 0.05) is 0 Å². The van der Waals surface area contributed by atoms with Gasteiger partial charge >= 0.3 is 48.9 Å². The van der Waals surface area contributed by atoms with E-state index in [1.54, 1.807) is 0 Å². The minimum atomic E-state index is 0. The van der Waals surface area contributed by atoms with E-state index in [-0.39, 0.29) is 51.7 Å². The van der Waals surface area contributed by atoms with E-state index < -0.39 is 0 Å². The molecular weight excluding hydrogens is 197 g/mol. The molecule has 6 heavy (non-hydrogen) atoms. The van der Waals surface area contributed by atoms with Crippen LogP contribution in [-0.2, 0) is 0 Å². The van der Waals surface area contributed by atoms with Crippen molar-refractivity contribution in [2.24, 2.45) is 0 Å². The fraction of sp³-hybridized carbons (Fsp3) is 0.200. The quantitative estimate of drug-likeness (QED) is 0.524. The Morgan fingerprint density at radius 1 is 1.17 bits per heavy atom. The average molecular weight is 205 g/mol. The second kappa shape index (κ2) is 4.22. The predicted molar refractivity (Wildman–Crippen MR) is 30.9 cm³/mol. The Hall–Kier alpha value is 1.05. The molecule has 0 aromatic rings. The van der Waals surface area contributed by atoms with Crippen LogP contribution in [0.4, 0.5) is 0 Å². The van der Waals surface area contributed by atoms with Crippen molar-refractivity contribution in [1.82, 2.24) is 0 Å². The summed E-state index contributed by atoms with van der Waals surface area (Å²) in [6.45, 7) is 0. The van der Waals surface area contributed by atoms with Gasteiger partial charge in [0.05, 0.1) is 0 Å². The maximum absolute atomic E-state index is 2.12. The second-order valence-electron chi connectivity index (χ2n) is 1.09. The van der Waals surface area contributed by atoms with Gasteiger partial charge in [0.1, 0.15) is 0 Å². The topological polar surface area (TPSA) is 0 Å². The zero-order chi connectivity index (χ0) is 3.54. The third kappa shape index (κ3) is 2.26. The van der Waals surface area contributed by atoms with Gasteiger partial charge < -0.3 is 2.85 Å². The van der Waals surface area contributed by atoms with E-state index >= 15 is 0 Å². The van der Waals surface area contributed by atoms with Crippen LogP contribution in [-0.4, -0.2) is 48.9 Å². The molecule has 0 aromatic heterocycles. The van der Waals surface area contributed by atoms with Crippen molar-refractivity contribution in [3.8, 4) is 0 Å². The largest absolute Gasteiger partial charge is 2.00 e. The van der Waals surface area contributed by atoms with Crippen LogP contribution in [0.2, 0.25) is 0 Å². The van der Waals surface area contributed by atoms with Crippen LogP contribution in [0.15, 0.2) is 24.3 Å². The molecule has 0 aliphatic heterocycles. The summed E-state index contributed by atoms with van der Waals surface area (Å²) in [5.41, 5.74) is 0. The number of allylic oxidation sites excluding steroid dienone is 4. The molecule has 0 unspecified atom stereocenters. The monoisotopic (exact) mass is 206 g/mol. The van der Waals surface area contributed by atoms with Crippen molar-refractivity contribution in [2.45, 2.75) is 6.42 Å². The summed E-state index contributed by atoms with van der Waals surface area (Å²) in [5, 5.41) is 0. The van der Waals surface area contributed by atoms with Crippen LogP contribution in [0.25, 0.3) is 0 Å². The van der Waals surface area contributed by atoms with E-state index in [9.17, 15) is 0 Å². The summed E-state index contributed by atoms with van der Waals surface area (Å²) in [6, 6.07) is 0. The maximum Gasteiger partial charge on any atom is 2.00 e. The summed E-state index contributed by atoms with van der Waals surface area (Å²) < 4.78 is 0. The smallest absolute Gasteiger partial charge is 1.00 e. The van der Waals surface area contributed by atoms with Gasteiger partial charge in [-0.25, -0.2) is 0 Å². The Kier molecular flexibility index (Phi) is 4.96. The van der Waals surface area contributed by atoms with Gasteiger partial charge in [-0.3, -0.25) is 0 Å². The van der Waals surface area contributed by atoms with Crippen molar-refractivity contribution in [1.29, 1.82) is 0 Å². The second-order valence-corrected chi connectivity index (χ2v) is 1.09. The summed E-state index contributed by atoms with van der Waals surface area (Å²) in [4.78, 5) is 0. The summed E-state index contributed by atoms with van der Waals surface area (Å²) >= 11 is 0. The standard InChI is InChI=1S/C5H6.Ba.2H/c1-2-4-5-3-1;;;/h1-4H,5H2;;;/q;+2;2*-1. The molecule has 0 aromatic carbocycles. The van der Waals surface area contributed by atoms with Crippen LogP contribution < -0.4 is 0 Å². The Morgan fingerprint density at radius 3 is 1.83 bits per heavy atom. The number of rotatable bonds is 0. The molecular formula is C5H8Ba. The van der Waals surface area contributed by atoms with Gasteiger partial charge in [-0.2, -0.15) is 0 Å². The molecule has 0 radical (unpaired) electrons. The van der Waals surface area contributed by atoms with Crippen LogP contribution in [0.5, 0.6) is 0 Å². The zero-order valence-corrected chi connectivity index (χ0v) is 8.16. The van der Waals surface area contributed by atoms with E-state index in [1.807, 2.05) is 0 Å². The van der Waals surface area contributed by atoms with Crippen LogP contribution in [0.3, 0.4) is 0 Å². The minimum absolute atomic E-state index is 0. The molecule has 0 saturated carbocycles. The van der Waals surface area contributed by atoms with Crippen molar-refractivity contribution in [3.63, 3.8) is 0 Å². The first-order valence-corrected chi connectivity index (χ1v) is 1.82. The first-order valence-electron chi connectivity index (χ1n) is 1.82. The van der Waals surface area contributed by atoms with Gasteiger partial charge in [0.2, 0.25) is 0 Å². The van der Waals surface area contributed by atoms with Crippen LogP contribution in [0, 0.1) is 0 Å². The van der Waals surface area contributed by atoms with Gasteiger partial charge in [-0.15, -0.1) is 0 Å². The van der Waals surface area contributed by atoms with Gasteiger partial charge in [-0.05, 0) is 6.42 Å². The van der Waals surface area contributed by atoms with Crippen molar-refractivity contribution >= 4 is 48.9 Å². The molecule has 1 rings (SSSR count). The normalized spacial score (nSPS) is 14.7. The molecule has 0 atom stereocenters. The first-order chi connectivity index (χ1) is 2.50. The number of hydrogen-bond donors (Lipinski definition) is 0. The Labute approximate surface area is 81.4 Å². The SMILES string of the molecule is C1=CCC=C1.[Ba+2].[H-].[H-]. The molecule has 0 N–H and O–H groups in total. The fourth-order valence-corrected chi connectivity index (χ4v) is 0.393. The predicted octanol–water partition coefficient (Wildman–Crippen LogP) is 1.35. The van der Waals surface area contributed by atoms with Crippen molar-refractivity contribution in [3.05, 3.63) is 24.3 Å². The maximum atomic E-state index is 2.12. The van der Waals surface area contributed by atoms with E-state index in [2.05, 4.69) is 24.3 Å². The zero-order valence-electron chi connectivity index (χ0n) is 5.72. The summed E-state index contributed by atoms with van der Waals surface area (Å²) in [5.74, 6) is 0. The van der Waals surface area contributed by atoms with Gasteiger partial charge in [-0.1, -0.05) is 24.3 Å². The summed E-state index contributed by atoms with van der Waals surface area (Å²) in [7, 11) is 0. The molecule has 0 saturated heterocycles. The molecule has 0 nitrogen and oxygen atoms in total. The molecule has 0 bridgehead atoms. The fourth-order valence-electron chi connectivity index (χ4n) is 0.393. The molecule has 1 aliphatic rings. The van der Waals surface area contributed by atoms with E-state index in [0.29, 0.717) is 0 Å². The molecule has 0 amide bonds. The van der Waals surface area contributed by atoms with Crippen LogP contribution >= 0.6 is 0 Å². The minimum Gasteiger partial charge on any atom is -1.00 e. The van der Waals surface area contributed by atoms with E-state index in [1.165, 1.54) is 0 Å². The van der Waals surface area contributed by atoms with Crippen LogP contribution in [0.1, 0.15) is 9.27 Å². The molecule has 1 heteroatoms. The van der Waals surface area contributed by atoms with E-state index in [4.69, 9.17) is 0 Å². The first kappa shape index (κ1) is 7.05. The third-order valence-electron chi connectivity index (χ3n) is 0.655. The average Bonchev–Trinajstić information content (AvgIpc) is 1.76. The molecule has 0 heterocycles. The number of hydrogen-bond acceptors (Lipinski definition) is 0. The van der Waals surface area contributed by atoms with Gasteiger partial charge in [0.25, 0.3) is 0 Å². The molecule has 0 fully saturated rings. The Morgan fingerprint density at radius 2 is 1.67 bits per heavy atom. The van der Waals surface area contributed by atoms with Crippen molar-refractivity contribution < 1.29 is 2.85 Å². The summed E-state index contributed by atoms with van der Waals surface area (Å²) in [6.07, 6.45) is 9.50. The Balaban J connectivity index is -0.0000000833. The van der Waals surface area contributed by atoms with Gasteiger partial charge in [0.15, 0.2) is 0 Å². The molecule has 1 aliphatic carbocycles. The van der Waals surface area contributed by atoms with E-state index in [0.717, 1.165) is 6.42 Å². The molecule has 30 valence electrons. The Bertz CT molecular complexity index is 68.5. The van der Waals surface area contributed by atoms with Crippen molar-refractivity contribution in [2.75, 3.05) is 0 Å². The third-order valence-corrected chi connectivity index (χ3v) is 0.655. The molecule has 0 spiro atoms.